The molecule has 0 atom stereocenters. The molecule has 0 amide bonds. The third-order valence-corrected chi connectivity index (χ3v) is 4.23. The number of imidazole rings is 1. The maximum Gasteiger partial charge on any atom is 0.387 e. The normalized spacial score (nSPS) is 11.3. The Hall–Kier alpha value is -2.85. The van der Waals surface area contributed by atoms with E-state index in [1.807, 2.05) is 19.9 Å². The van der Waals surface area contributed by atoms with Gasteiger partial charge >= 0.3 is 12.3 Å². The number of hydrogen-bond donors (Lipinski definition) is 0. The molecule has 0 aliphatic carbocycles. The van der Waals surface area contributed by atoms with Crippen LogP contribution in [0.2, 0.25) is 5.02 Å². The van der Waals surface area contributed by atoms with Crippen molar-refractivity contribution < 1.29 is 13.5 Å². The van der Waals surface area contributed by atoms with E-state index < -0.39 is 12.3 Å². The number of alkyl halides is 2. The summed E-state index contributed by atoms with van der Waals surface area (Å²) in [5, 5.41) is 9.71. The van der Waals surface area contributed by atoms with E-state index in [1.165, 1.54) is 33.4 Å². The Morgan fingerprint density at radius 2 is 1.96 bits per heavy atom. The number of nitriles is 1. The Labute approximate surface area is 152 Å². The first-order valence-electron chi connectivity index (χ1n) is 7.76. The van der Waals surface area contributed by atoms with Gasteiger partial charge in [0.1, 0.15) is 11.8 Å². The molecule has 3 aromatic rings. The molecule has 0 radical (unpaired) electrons. The lowest BCUT2D eigenvalue weighted by Crippen LogP contribution is -2.24. The standard InChI is InChI=1S/C18H14ClF2N3O2/c1-10(2)23-16-13(9-22)14(19)6-7-15(16)24(18(23)25)11-4-3-5-12(8-11)26-17(20)21/h3-8,10,17H,1-2H3. The van der Waals surface area contributed by atoms with Crippen molar-refractivity contribution in [3.63, 3.8) is 0 Å². The summed E-state index contributed by atoms with van der Waals surface area (Å²) in [5.41, 5.74) is 0.999. The first-order valence-corrected chi connectivity index (χ1v) is 8.13. The number of benzene rings is 2. The van der Waals surface area contributed by atoms with Crippen LogP contribution in [-0.4, -0.2) is 15.7 Å². The van der Waals surface area contributed by atoms with E-state index in [0.717, 1.165) is 0 Å². The molecule has 0 aliphatic heterocycles. The highest BCUT2D eigenvalue weighted by Crippen LogP contribution is 2.29. The molecule has 0 bridgehead atoms. The first-order chi connectivity index (χ1) is 12.3. The number of hydrogen-bond acceptors (Lipinski definition) is 3. The van der Waals surface area contributed by atoms with Crippen LogP contribution in [0.1, 0.15) is 25.5 Å². The van der Waals surface area contributed by atoms with Gasteiger partial charge in [-0.15, -0.1) is 0 Å². The van der Waals surface area contributed by atoms with Crippen molar-refractivity contribution in [3.8, 4) is 17.5 Å². The lowest BCUT2D eigenvalue weighted by Gasteiger charge is -2.08. The first kappa shape index (κ1) is 18.0. The lowest BCUT2D eigenvalue weighted by atomic mass is 10.2. The minimum absolute atomic E-state index is 0.0654. The molecule has 0 N–H and O–H groups in total. The van der Waals surface area contributed by atoms with Gasteiger partial charge in [-0.3, -0.25) is 9.13 Å². The molecule has 2 aromatic carbocycles. The zero-order chi connectivity index (χ0) is 19.0. The summed E-state index contributed by atoms with van der Waals surface area (Å²) in [6.07, 6.45) is 0. The van der Waals surface area contributed by atoms with Gasteiger partial charge < -0.3 is 4.74 Å². The minimum Gasteiger partial charge on any atom is -0.435 e. The second-order valence-corrected chi connectivity index (χ2v) is 6.27. The Balaban J connectivity index is 2.37. The average molecular weight is 378 g/mol. The number of rotatable bonds is 4. The number of halogens is 3. The fourth-order valence-corrected chi connectivity index (χ4v) is 3.11. The van der Waals surface area contributed by atoms with Crippen LogP contribution in [0.25, 0.3) is 16.7 Å². The number of ether oxygens (including phenoxy) is 1. The van der Waals surface area contributed by atoms with Gasteiger partial charge in [0.2, 0.25) is 0 Å². The number of fused-ring (bicyclic) bond motifs is 1. The van der Waals surface area contributed by atoms with Crippen LogP contribution in [0.15, 0.2) is 41.2 Å². The van der Waals surface area contributed by atoms with Crippen LogP contribution in [0, 0.1) is 11.3 Å². The van der Waals surface area contributed by atoms with Crippen LogP contribution >= 0.6 is 11.6 Å². The fraction of sp³-hybridized carbons (Fsp3) is 0.222. The van der Waals surface area contributed by atoms with E-state index in [1.54, 1.807) is 12.1 Å². The zero-order valence-corrected chi connectivity index (χ0v) is 14.7. The molecule has 0 spiro atoms. The van der Waals surface area contributed by atoms with Gasteiger partial charge in [-0.1, -0.05) is 17.7 Å². The maximum absolute atomic E-state index is 13.0. The highest BCUT2D eigenvalue weighted by molar-refractivity contribution is 6.32. The van der Waals surface area contributed by atoms with E-state index in [2.05, 4.69) is 4.74 Å². The molecular weight excluding hydrogens is 364 g/mol. The highest BCUT2D eigenvalue weighted by Gasteiger charge is 2.21. The van der Waals surface area contributed by atoms with Gasteiger partial charge in [-0.25, -0.2) is 4.79 Å². The predicted molar refractivity (Wildman–Crippen MR) is 94.3 cm³/mol. The summed E-state index contributed by atoms with van der Waals surface area (Å²) in [5.74, 6) is -0.0654. The van der Waals surface area contributed by atoms with Crippen LogP contribution in [0.4, 0.5) is 8.78 Å². The summed E-state index contributed by atoms with van der Waals surface area (Å²) in [7, 11) is 0. The molecule has 8 heteroatoms. The van der Waals surface area contributed by atoms with Gasteiger partial charge in [-0.2, -0.15) is 14.0 Å². The molecular formula is C18H14ClF2N3O2. The zero-order valence-electron chi connectivity index (χ0n) is 13.9. The third kappa shape index (κ3) is 2.93. The SMILES string of the molecule is CC(C)n1c(=O)n(-c2cccc(OC(F)F)c2)c2ccc(Cl)c(C#N)c21. The fourth-order valence-electron chi connectivity index (χ4n) is 2.92. The van der Waals surface area contributed by atoms with E-state index in [0.29, 0.717) is 16.7 Å². The Kier molecular flexibility index (Phi) is 4.70. The predicted octanol–water partition coefficient (Wildman–Crippen LogP) is 4.50. The number of nitrogens with zero attached hydrogens (tertiary/aromatic N) is 3. The molecule has 0 unspecified atom stereocenters. The van der Waals surface area contributed by atoms with E-state index in [4.69, 9.17) is 11.6 Å². The van der Waals surface area contributed by atoms with Crippen LogP contribution in [0.3, 0.4) is 0 Å². The third-order valence-electron chi connectivity index (χ3n) is 3.91. The smallest absolute Gasteiger partial charge is 0.387 e. The molecule has 0 aliphatic rings. The van der Waals surface area contributed by atoms with E-state index in [-0.39, 0.29) is 22.4 Å². The summed E-state index contributed by atoms with van der Waals surface area (Å²) in [4.78, 5) is 13.0. The van der Waals surface area contributed by atoms with Crippen molar-refractivity contribution >= 4 is 22.6 Å². The number of aromatic nitrogens is 2. The molecule has 5 nitrogen and oxygen atoms in total. The molecule has 26 heavy (non-hydrogen) atoms. The largest absolute Gasteiger partial charge is 0.435 e. The second kappa shape index (κ2) is 6.81. The van der Waals surface area contributed by atoms with Gasteiger partial charge in [0, 0.05) is 12.1 Å². The molecule has 134 valence electrons. The lowest BCUT2D eigenvalue weighted by molar-refractivity contribution is -0.0498. The second-order valence-electron chi connectivity index (χ2n) is 5.86. The molecule has 3 rings (SSSR count). The summed E-state index contributed by atoms with van der Waals surface area (Å²) in [6.45, 7) is 0.649. The monoisotopic (exact) mass is 377 g/mol. The van der Waals surface area contributed by atoms with Crippen LogP contribution in [-0.2, 0) is 0 Å². The highest BCUT2D eigenvalue weighted by atomic mass is 35.5. The van der Waals surface area contributed by atoms with Gasteiger partial charge in [-0.05, 0) is 38.1 Å². The van der Waals surface area contributed by atoms with E-state index in [9.17, 15) is 18.8 Å². The molecule has 1 heterocycles. The van der Waals surface area contributed by atoms with Crippen molar-refractivity contribution in [1.29, 1.82) is 5.26 Å². The van der Waals surface area contributed by atoms with E-state index >= 15 is 0 Å². The van der Waals surface area contributed by atoms with Gasteiger partial charge in [0.05, 0.1) is 27.3 Å². The summed E-state index contributed by atoms with van der Waals surface area (Å²) >= 11 is 6.12. The minimum atomic E-state index is -2.97. The molecule has 0 saturated heterocycles. The summed E-state index contributed by atoms with van der Waals surface area (Å²) < 4.78 is 32.2. The summed E-state index contributed by atoms with van der Waals surface area (Å²) in [6, 6.07) is 10.8. The molecule has 0 fully saturated rings. The quantitative estimate of drug-likeness (QED) is 0.672. The van der Waals surface area contributed by atoms with Gasteiger partial charge in [0.15, 0.2) is 0 Å². The Morgan fingerprint density at radius 1 is 1.23 bits per heavy atom. The molecule has 0 saturated carbocycles. The maximum atomic E-state index is 13.0. The van der Waals surface area contributed by atoms with Crippen molar-refractivity contribution in [3.05, 3.63) is 57.5 Å². The van der Waals surface area contributed by atoms with Crippen molar-refractivity contribution in [2.75, 3.05) is 0 Å². The van der Waals surface area contributed by atoms with Crippen LogP contribution in [0.5, 0.6) is 5.75 Å². The van der Waals surface area contributed by atoms with Crippen molar-refractivity contribution in [1.82, 2.24) is 9.13 Å². The Morgan fingerprint density at radius 3 is 2.58 bits per heavy atom. The molecule has 1 aromatic heterocycles. The topological polar surface area (TPSA) is 59.9 Å². The van der Waals surface area contributed by atoms with Crippen molar-refractivity contribution in [2.45, 2.75) is 26.5 Å². The van der Waals surface area contributed by atoms with Crippen LogP contribution < -0.4 is 10.4 Å². The van der Waals surface area contributed by atoms with Gasteiger partial charge in [0.25, 0.3) is 0 Å². The average Bonchev–Trinajstić information content (AvgIpc) is 2.86. The Bertz CT molecular complexity index is 1080. The van der Waals surface area contributed by atoms with Crippen molar-refractivity contribution in [2.24, 2.45) is 0 Å².